The molecule has 1 amide bonds. The molecule has 128 valence electrons. The summed E-state index contributed by atoms with van der Waals surface area (Å²) in [4.78, 5) is 14.7. The summed E-state index contributed by atoms with van der Waals surface area (Å²) in [6.45, 7) is 8.13. The number of carbonyl (C=O) groups excluding carboxylic acids is 1. The lowest BCUT2D eigenvalue weighted by molar-refractivity contribution is -0.122. The number of nitrogens with zero attached hydrogens (tertiary/aromatic N) is 1. The topological polar surface area (TPSA) is 41.6 Å². The van der Waals surface area contributed by atoms with Gasteiger partial charge >= 0.3 is 0 Å². The number of amides is 1. The van der Waals surface area contributed by atoms with Crippen molar-refractivity contribution in [3.8, 4) is 5.75 Å². The maximum atomic E-state index is 12.4. The van der Waals surface area contributed by atoms with Crippen LogP contribution in [0.25, 0.3) is 0 Å². The van der Waals surface area contributed by atoms with Crippen LogP contribution in [0.3, 0.4) is 0 Å². The molecule has 0 radical (unpaired) electrons. The molecule has 24 heavy (non-hydrogen) atoms. The van der Waals surface area contributed by atoms with E-state index in [1.165, 1.54) is 0 Å². The number of carbonyl (C=O) groups is 1. The Balaban J connectivity index is 1.99. The van der Waals surface area contributed by atoms with Crippen molar-refractivity contribution < 1.29 is 9.53 Å². The largest absolute Gasteiger partial charge is 0.481 e. The van der Waals surface area contributed by atoms with Crippen molar-refractivity contribution in [3.05, 3.63) is 54.6 Å². The van der Waals surface area contributed by atoms with Crippen molar-refractivity contribution >= 4 is 17.3 Å². The van der Waals surface area contributed by atoms with Crippen molar-refractivity contribution in [3.63, 3.8) is 0 Å². The second-order valence-electron chi connectivity index (χ2n) is 5.54. The van der Waals surface area contributed by atoms with Crippen molar-refractivity contribution in [2.24, 2.45) is 0 Å². The molecule has 2 aromatic rings. The molecule has 1 atom stereocenters. The Labute approximate surface area is 144 Å². The summed E-state index contributed by atoms with van der Waals surface area (Å²) in [7, 11) is 0. The number of hydrogen-bond acceptors (Lipinski definition) is 3. The number of ether oxygens (including phenoxy) is 1. The average molecular weight is 326 g/mol. The smallest absolute Gasteiger partial charge is 0.265 e. The molecule has 2 rings (SSSR count). The summed E-state index contributed by atoms with van der Waals surface area (Å²) in [6, 6.07) is 17.3. The molecule has 0 aliphatic heterocycles. The van der Waals surface area contributed by atoms with Crippen molar-refractivity contribution in [1.82, 2.24) is 0 Å². The summed E-state index contributed by atoms with van der Waals surface area (Å²) in [5, 5.41) is 2.93. The monoisotopic (exact) mass is 326 g/mol. The van der Waals surface area contributed by atoms with Crippen LogP contribution in [-0.4, -0.2) is 25.1 Å². The highest BCUT2D eigenvalue weighted by Gasteiger charge is 2.18. The minimum absolute atomic E-state index is 0.128. The van der Waals surface area contributed by atoms with Crippen LogP contribution in [-0.2, 0) is 4.79 Å². The van der Waals surface area contributed by atoms with Gasteiger partial charge < -0.3 is 15.0 Å². The Morgan fingerprint density at radius 3 is 2.17 bits per heavy atom. The van der Waals surface area contributed by atoms with Crippen LogP contribution >= 0.6 is 0 Å². The summed E-state index contributed by atoms with van der Waals surface area (Å²) < 4.78 is 5.77. The van der Waals surface area contributed by atoms with Crippen LogP contribution in [0.1, 0.15) is 27.2 Å². The molecule has 0 spiro atoms. The van der Waals surface area contributed by atoms with E-state index in [2.05, 4.69) is 24.1 Å². The Bertz CT molecular complexity index is 622. The predicted molar refractivity (Wildman–Crippen MR) is 99.8 cm³/mol. The van der Waals surface area contributed by atoms with Gasteiger partial charge in [0.1, 0.15) is 5.75 Å². The van der Waals surface area contributed by atoms with Crippen molar-refractivity contribution in [1.29, 1.82) is 0 Å². The quantitative estimate of drug-likeness (QED) is 0.785. The molecule has 1 N–H and O–H groups in total. The van der Waals surface area contributed by atoms with Crippen LogP contribution < -0.4 is 15.0 Å². The summed E-state index contributed by atoms with van der Waals surface area (Å²) in [5.74, 6) is 0.577. The van der Waals surface area contributed by atoms with Crippen molar-refractivity contribution in [2.45, 2.75) is 33.3 Å². The Hall–Kier alpha value is -2.49. The third kappa shape index (κ3) is 4.75. The molecular weight excluding hydrogens is 300 g/mol. The SMILES string of the molecule is CC[C@@H](Oc1ccccc1)C(=O)Nc1ccc(N(CC)CC)cc1. The minimum Gasteiger partial charge on any atom is -0.481 e. The van der Waals surface area contributed by atoms with E-state index >= 15 is 0 Å². The molecular formula is C20H26N2O2. The minimum atomic E-state index is -0.505. The van der Waals surface area contributed by atoms with E-state index in [-0.39, 0.29) is 5.91 Å². The lowest BCUT2D eigenvalue weighted by Gasteiger charge is -2.21. The van der Waals surface area contributed by atoms with Crippen LogP contribution in [0, 0.1) is 0 Å². The number of benzene rings is 2. The average Bonchev–Trinajstić information content (AvgIpc) is 2.63. The summed E-state index contributed by atoms with van der Waals surface area (Å²) in [5.41, 5.74) is 1.94. The molecule has 4 heteroatoms. The lowest BCUT2D eigenvalue weighted by atomic mass is 10.2. The van der Waals surface area contributed by atoms with Gasteiger partial charge in [-0.1, -0.05) is 25.1 Å². The van der Waals surface area contributed by atoms with E-state index in [9.17, 15) is 4.79 Å². The third-order valence-corrected chi connectivity index (χ3v) is 3.95. The van der Waals surface area contributed by atoms with Gasteiger partial charge in [-0.25, -0.2) is 0 Å². The molecule has 0 fully saturated rings. The fourth-order valence-corrected chi connectivity index (χ4v) is 2.55. The number of hydrogen-bond donors (Lipinski definition) is 1. The van der Waals surface area contributed by atoms with Crippen LogP contribution in [0.15, 0.2) is 54.6 Å². The number of para-hydroxylation sites is 1. The van der Waals surface area contributed by atoms with Crippen LogP contribution in [0.4, 0.5) is 11.4 Å². The van der Waals surface area contributed by atoms with Gasteiger partial charge in [0.15, 0.2) is 6.10 Å². The summed E-state index contributed by atoms with van der Waals surface area (Å²) in [6.07, 6.45) is 0.105. The zero-order valence-electron chi connectivity index (χ0n) is 14.7. The molecule has 0 aromatic heterocycles. The van der Waals surface area contributed by atoms with Gasteiger partial charge in [-0.15, -0.1) is 0 Å². The van der Waals surface area contributed by atoms with E-state index in [4.69, 9.17) is 4.74 Å². The molecule has 0 unspecified atom stereocenters. The fourth-order valence-electron chi connectivity index (χ4n) is 2.55. The molecule has 0 saturated heterocycles. The van der Waals surface area contributed by atoms with E-state index in [0.717, 1.165) is 24.5 Å². The van der Waals surface area contributed by atoms with Crippen LogP contribution in [0.5, 0.6) is 5.75 Å². The fraction of sp³-hybridized carbons (Fsp3) is 0.350. The molecule has 0 bridgehead atoms. The van der Waals surface area contributed by atoms with Crippen LogP contribution in [0.2, 0.25) is 0 Å². The molecule has 4 nitrogen and oxygen atoms in total. The number of rotatable bonds is 8. The van der Waals surface area contributed by atoms with Gasteiger partial charge in [0.25, 0.3) is 5.91 Å². The first-order valence-corrected chi connectivity index (χ1v) is 8.55. The zero-order valence-corrected chi connectivity index (χ0v) is 14.7. The Kier molecular flexibility index (Phi) is 6.67. The molecule has 0 aliphatic rings. The third-order valence-electron chi connectivity index (χ3n) is 3.95. The summed E-state index contributed by atoms with van der Waals surface area (Å²) >= 11 is 0. The number of nitrogens with one attached hydrogen (secondary N) is 1. The van der Waals surface area contributed by atoms with Gasteiger partial charge in [-0.3, -0.25) is 4.79 Å². The van der Waals surface area contributed by atoms with Gasteiger partial charge in [-0.2, -0.15) is 0 Å². The molecule has 0 saturated carbocycles. The van der Waals surface area contributed by atoms with E-state index in [0.29, 0.717) is 12.2 Å². The Morgan fingerprint density at radius 1 is 1.00 bits per heavy atom. The highest BCUT2D eigenvalue weighted by Crippen LogP contribution is 2.19. The first-order valence-electron chi connectivity index (χ1n) is 8.55. The normalized spacial score (nSPS) is 11.6. The van der Waals surface area contributed by atoms with Crippen molar-refractivity contribution in [2.75, 3.05) is 23.3 Å². The number of anilines is 2. The standard InChI is InChI=1S/C20H26N2O2/c1-4-19(24-18-10-8-7-9-11-18)20(23)21-16-12-14-17(15-13-16)22(5-2)6-3/h7-15,19H,4-6H2,1-3H3,(H,21,23)/t19-/m1/s1. The highest BCUT2D eigenvalue weighted by molar-refractivity contribution is 5.94. The van der Waals surface area contributed by atoms with E-state index in [1.54, 1.807) is 0 Å². The molecule has 2 aromatic carbocycles. The van der Waals surface area contributed by atoms with Gasteiger partial charge in [0, 0.05) is 24.5 Å². The first kappa shape index (κ1) is 17.9. The predicted octanol–water partition coefficient (Wildman–Crippen LogP) is 4.33. The van der Waals surface area contributed by atoms with E-state index in [1.807, 2.05) is 61.5 Å². The first-order chi connectivity index (χ1) is 11.7. The van der Waals surface area contributed by atoms with Gasteiger partial charge in [0.05, 0.1) is 0 Å². The molecule has 0 aliphatic carbocycles. The maximum absolute atomic E-state index is 12.4. The zero-order chi connectivity index (χ0) is 17.4. The van der Waals surface area contributed by atoms with Gasteiger partial charge in [0.2, 0.25) is 0 Å². The maximum Gasteiger partial charge on any atom is 0.265 e. The van der Waals surface area contributed by atoms with Gasteiger partial charge in [-0.05, 0) is 56.7 Å². The highest BCUT2D eigenvalue weighted by atomic mass is 16.5. The molecule has 0 heterocycles. The Morgan fingerprint density at radius 2 is 1.62 bits per heavy atom. The second-order valence-corrected chi connectivity index (χ2v) is 5.54. The second kappa shape index (κ2) is 8.96. The lowest BCUT2D eigenvalue weighted by Crippen LogP contribution is -2.32. The van der Waals surface area contributed by atoms with E-state index < -0.39 is 6.10 Å².